The predicted molar refractivity (Wildman–Crippen MR) is 66.0 cm³/mol. The third-order valence-electron chi connectivity index (χ3n) is 2.86. The van der Waals surface area contributed by atoms with Crippen molar-refractivity contribution in [3.63, 3.8) is 0 Å². The molecular weight excluding hydrogens is 254 g/mol. The molecule has 1 amide bonds. The van der Waals surface area contributed by atoms with Gasteiger partial charge >= 0.3 is 6.09 Å². The van der Waals surface area contributed by atoms with Gasteiger partial charge in [-0.15, -0.1) is 11.3 Å². The zero-order valence-corrected chi connectivity index (χ0v) is 10.3. The Balaban J connectivity index is 1.97. The number of amides is 1. The summed E-state index contributed by atoms with van der Waals surface area (Å²) in [7, 11) is 0. The first kappa shape index (κ1) is 11.2. The van der Waals surface area contributed by atoms with Gasteiger partial charge < -0.3 is 14.3 Å². The van der Waals surface area contributed by atoms with E-state index < -0.39 is 6.09 Å². The van der Waals surface area contributed by atoms with Gasteiger partial charge in [-0.1, -0.05) is 0 Å². The van der Waals surface area contributed by atoms with Crippen molar-refractivity contribution in [3.05, 3.63) is 28.8 Å². The number of fused-ring (bicyclic) bond motifs is 1. The van der Waals surface area contributed by atoms with Gasteiger partial charge in [-0.25, -0.2) is 4.79 Å². The SMILES string of the molecule is O=C(O)N1CCOc2c(-c3ccoc3)csc2C1. The molecular formula is C12H11NO4S. The van der Waals surface area contributed by atoms with Gasteiger partial charge in [-0.05, 0) is 6.07 Å². The molecule has 0 spiro atoms. The standard InChI is InChI=1S/C12H11NO4S/c14-12(15)13-2-4-17-11-9(7-18-10(11)5-13)8-1-3-16-6-8/h1,3,6-7H,2,4-5H2,(H,14,15). The van der Waals surface area contributed by atoms with Gasteiger partial charge in [-0.2, -0.15) is 0 Å². The maximum absolute atomic E-state index is 11.0. The number of hydrogen-bond acceptors (Lipinski definition) is 4. The summed E-state index contributed by atoms with van der Waals surface area (Å²) in [6, 6.07) is 1.87. The molecule has 0 atom stereocenters. The van der Waals surface area contributed by atoms with E-state index in [9.17, 15) is 4.79 Å². The van der Waals surface area contributed by atoms with Gasteiger partial charge in [0.05, 0.1) is 30.5 Å². The van der Waals surface area contributed by atoms with Gasteiger partial charge in [0, 0.05) is 16.5 Å². The summed E-state index contributed by atoms with van der Waals surface area (Å²) in [5, 5.41) is 11.0. The van der Waals surface area contributed by atoms with Crippen LogP contribution in [0.4, 0.5) is 4.79 Å². The van der Waals surface area contributed by atoms with Gasteiger partial charge in [0.15, 0.2) is 0 Å². The van der Waals surface area contributed by atoms with Crippen LogP contribution in [0.2, 0.25) is 0 Å². The van der Waals surface area contributed by atoms with E-state index in [1.807, 2.05) is 11.4 Å². The second-order valence-electron chi connectivity index (χ2n) is 3.97. The third-order valence-corrected chi connectivity index (χ3v) is 3.81. The molecule has 94 valence electrons. The van der Waals surface area contributed by atoms with E-state index in [-0.39, 0.29) is 0 Å². The van der Waals surface area contributed by atoms with Crippen LogP contribution in [0.15, 0.2) is 28.4 Å². The molecule has 1 aliphatic heterocycles. The number of ether oxygens (including phenoxy) is 1. The molecule has 0 aliphatic carbocycles. The first-order valence-electron chi connectivity index (χ1n) is 5.49. The molecule has 0 saturated carbocycles. The van der Waals surface area contributed by atoms with Crippen molar-refractivity contribution in [2.24, 2.45) is 0 Å². The van der Waals surface area contributed by atoms with Crippen LogP contribution in [-0.2, 0) is 6.54 Å². The molecule has 2 aromatic heterocycles. The molecule has 0 aromatic carbocycles. The molecule has 3 rings (SSSR count). The van der Waals surface area contributed by atoms with Gasteiger partial charge in [-0.3, -0.25) is 4.90 Å². The number of carboxylic acid groups (broad SMARTS) is 1. The van der Waals surface area contributed by atoms with Crippen LogP contribution in [0.5, 0.6) is 5.75 Å². The molecule has 1 N–H and O–H groups in total. The largest absolute Gasteiger partial charge is 0.490 e. The van der Waals surface area contributed by atoms with Gasteiger partial charge in [0.1, 0.15) is 12.4 Å². The average Bonchev–Trinajstić information content (AvgIpc) is 2.93. The summed E-state index contributed by atoms with van der Waals surface area (Å²) in [6.45, 7) is 1.15. The van der Waals surface area contributed by atoms with Crippen molar-refractivity contribution in [3.8, 4) is 16.9 Å². The van der Waals surface area contributed by atoms with Crippen LogP contribution in [0.25, 0.3) is 11.1 Å². The highest BCUT2D eigenvalue weighted by molar-refractivity contribution is 7.10. The highest BCUT2D eigenvalue weighted by atomic mass is 32.1. The Labute approximate surface area is 107 Å². The highest BCUT2D eigenvalue weighted by Crippen LogP contribution is 2.40. The fourth-order valence-electron chi connectivity index (χ4n) is 1.95. The highest BCUT2D eigenvalue weighted by Gasteiger charge is 2.23. The first-order chi connectivity index (χ1) is 8.75. The summed E-state index contributed by atoms with van der Waals surface area (Å²) in [5.41, 5.74) is 1.92. The minimum atomic E-state index is -0.912. The Morgan fingerprint density at radius 2 is 2.39 bits per heavy atom. The normalized spacial score (nSPS) is 14.8. The Hall–Kier alpha value is -1.95. The van der Waals surface area contributed by atoms with E-state index in [1.54, 1.807) is 12.5 Å². The molecule has 0 saturated heterocycles. The smallest absolute Gasteiger partial charge is 0.407 e. The Kier molecular flexibility index (Phi) is 2.71. The Morgan fingerprint density at radius 1 is 1.50 bits per heavy atom. The van der Waals surface area contributed by atoms with Crippen LogP contribution in [0, 0.1) is 0 Å². The predicted octanol–water partition coefficient (Wildman–Crippen LogP) is 2.88. The lowest BCUT2D eigenvalue weighted by Crippen LogP contribution is -2.30. The van der Waals surface area contributed by atoms with Crippen LogP contribution in [-0.4, -0.2) is 29.3 Å². The van der Waals surface area contributed by atoms with Gasteiger partial charge in [0.2, 0.25) is 0 Å². The minimum Gasteiger partial charge on any atom is -0.490 e. The van der Waals surface area contributed by atoms with E-state index in [4.69, 9.17) is 14.3 Å². The minimum absolute atomic E-state index is 0.376. The summed E-state index contributed by atoms with van der Waals surface area (Å²) in [4.78, 5) is 13.3. The first-order valence-corrected chi connectivity index (χ1v) is 6.37. The van der Waals surface area contributed by atoms with Crippen molar-refractivity contribution in [2.75, 3.05) is 13.2 Å². The maximum atomic E-state index is 11.0. The number of carbonyl (C=O) groups is 1. The van der Waals surface area contributed by atoms with E-state index in [1.165, 1.54) is 16.2 Å². The lowest BCUT2D eigenvalue weighted by Gasteiger charge is -2.13. The van der Waals surface area contributed by atoms with E-state index in [0.717, 1.165) is 21.8 Å². The number of hydrogen-bond donors (Lipinski definition) is 1. The fourth-order valence-corrected chi connectivity index (χ4v) is 2.95. The van der Waals surface area contributed by atoms with Crippen LogP contribution in [0.1, 0.15) is 4.88 Å². The van der Waals surface area contributed by atoms with Crippen molar-refractivity contribution in [1.82, 2.24) is 4.90 Å². The molecule has 0 unspecified atom stereocenters. The topological polar surface area (TPSA) is 62.9 Å². The molecule has 0 radical (unpaired) electrons. The molecule has 6 heteroatoms. The quantitative estimate of drug-likeness (QED) is 0.861. The number of thiophene rings is 1. The molecule has 5 nitrogen and oxygen atoms in total. The molecule has 0 bridgehead atoms. The number of furan rings is 1. The number of nitrogens with zero attached hydrogens (tertiary/aromatic N) is 1. The molecule has 1 aliphatic rings. The Morgan fingerprint density at radius 3 is 3.11 bits per heavy atom. The lowest BCUT2D eigenvalue weighted by atomic mass is 10.1. The van der Waals surface area contributed by atoms with Crippen molar-refractivity contribution in [1.29, 1.82) is 0 Å². The lowest BCUT2D eigenvalue weighted by molar-refractivity contribution is 0.138. The monoisotopic (exact) mass is 265 g/mol. The molecule has 18 heavy (non-hydrogen) atoms. The van der Waals surface area contributed by atoms with E-state index >= 15 is 0 Å². The van der Waals surface area contributed by atoms with Gasteiger partial charge in [0.25, 0.3) is 0 Å². The van der Waals surface area contributed by atoms with Crippen molar-refractivity contribution >= 4 is 17.4 Å². The van der Waals surface area contributed by atoms with E-state index in [2.05, 4.69) is 0 Å². The second kappa shape index (κ2) is 4.38. The average molecular weight is 265 g/mol. The summed E-state index contributed by atoms with van der Waals surface area (Å²) >= 11 is 1.51. The fraction of sp³-hybridized carbons (Fsp3) is 0.250. The van der Waals surface area contributed by atoms with Crippen LogP contribution >= 0.6 is 11.3 Å². The van der Waals surface area contributed by atoms with Crippen LogP contribution in [0.3, 0.4) is 0 Å². The third kappa shape index (κ3) is 1.84. The number of rotatable bonds is 1. The zero-order chi connectivity index (χ0) is 12.5. The maximum Gasteiger partial charge on any atom is 0.407 e. The van der Waals surface area contributed by atoms with E-state index in [0.29, 0.717) is 19.7 Å². The molecule has 2 aromatic rings. The summed E-state index contributed by atoms with van der Waals surface area (Å²) in [5.74, 6) is 0.783. The molecule has 0 fully saturated rings. The van der Waals surface area contributed by atoms with Crippen molar-refractivity contribution in [2.45, 2.75) is 6.54 Å². The Bertz CT molecular complexity index is 561. The zero-order valence-electron chi connectivity index (χ0n) is 9.46. The second-order valence-corrected chi connectivity index (χ2v) is 4.93. The summed E-state index contributed by atoms with van der Waals surface area (Å²) in [6.07, 6.45) is 2.36. The molecule has 3 heterocycles. The van der Waals surface area contributed by atoms with Crippen molar-refractivity contribution < 1.29 is 19.1 Å². The van der Waals surface area contributed by atoms with Crippen LogP contribution < -0.4 is 4.74 Å². The summed E-state index contributed by atoms with van der Waals surface area (Å²) < 4.78 is 10.8.